The van der Waals surface area contributed by atoms with Gasteiger partial charge in [-0.2, -0.15) is 0 Å². The van der Waals surface area contributed by atoms with E-state index in [1.54, 1.807) is 10.6 Å². The third-order valence-electron chi connectivity index (χ3n) is 0.0333. The molecule has 0 unspecified atom stereocenters. The molecule has 0 rings (SSSR count). The Balaban J connectivity index is -0.0000000450. The van der Waals surface area contributed by atoms with Gasteiger partial charge >= 0.3 is 44.8 Å². The van der Waals surface area contributed by atoms with Crippen molar-refractivity contribution in [2.24, 2.45) is 10.6 Å². The molecular weight excluding hydrogens is 276 g/mol. The summed E-state index contributed by atoms with van der Waals surface area (Å²) in [6.45, 7) is 0. The van der Waals surface area contributed by atoms with Crippen LogP contribution in [0.1, 0.15) is 0 Å². The molecule has 0 aromatic carbocycles. The van der Waals surface area contributed by atoms with Crippen molar-refractivity contribution >= 4 is 0 Å². The van der Waals surface area contributed by atoms with E-state index >= 15 is 0 Å². The Morgan fingerprint density at radius 1 is 0.833 bits per heavy atom. The molecule has 0 aliphatic rings. The van der Waals surface area contributed by atoms with Crippen LogP contribution in [-0.4, -0.2) is 0 Å². The van der Waals surface area contributed by atoms with Crippen LogP contribution in [-0.2, 0) is 44.8 Å². The maximum atomic E-state index is 8.44. The summed E-state index contributed by atoms with van der Waals surface area (Å²) in [4.78, 5) is 0. The number of rotatable bonds is 0. The van der Waals surface area contributed by atoms with Crippen molar-refractivity contribution in [2.45, 2.75) is 0 Å². The molecule has 44 valence electrons. The number of nitrogens with zero attached hydrogens (tertiary/aromatic N) is 2. The largest absolute Gasteiger partial charge is 1.00 e. The van der Waals surface area contributed by atoms with E-state index in [0.29, 0.717) is 0 Å². The fraction of sp³-hybridized carbons (Fsp3) is 0. The van der Waals surface area contributed by atoms with Gasteiger partial charge in [0.1, 0.15) is 0 Å². The summed E-state index contributed by atoms with van der Waals surface area (Å²) in [6, 6.07) is 0. The van der Waals surface area contributed by atoms with Gasteiger partial charge in [-0.25, -0.2) is 10.6 Å². The van der Waals surface area contributed by atoms with Crippen LogP contribution in [0.25, 0.3) is 0 Å². The fourth-order valence-electron chi connectivity index (χ4n) is 0. The van der Waals surface area contributed by atoms with Crippen LogP contribution in [0.15, 0.2) is 10.6 Å². The van der Waals surface area contributed by atoms with Crippen LogP contribution >= 0.6 is 0 Å². The molecule has 0 radical (unpaired) electrons. The number of hydrogen-bond donors (Lipinski definition) is 0. The van der Waals surface area contributed by atoms with E-state index in [2.05, 4.69) is 0 Å². The third-order valence-corrected chi connectivity index (χ3v) is 0.0333. The summed E-state index contributed by atoms with van der Waals surface area (Å²) in [5, 5.41) is 20.0. The van der Waals surface area contributed by atoms with Crippen LogP contribution in [0.2, 0.25) is 0 Å². The smallest absolute Gasteiger partial charge is 0.775 e. The summed E-state index contributed by atoms with van der Waals surface area (Å²) in [5.74, 6) is 0. The van der Waals surface area contributed by atoms with Crippen molar-refractivity contribution in [3.05, 3.63) is 10.4 Å². The first-order valence-corrected chi connectivity index (χ1v) is 0.565. The van der Waals surface area contributed by atoms with Gasteiger partial charge in [0.05, 0.1) is 0 Å². The third kappa shape index (κ3) is 22.5. The minimum Gasteiger partial charge on any atom is -0.775 e. The Bertz CT molecular complexity index is 24.7. The molecule has 0 aliphatic carbocycles. The van der Waals surface area contributed by atoms with E-state index in [0.717, 1.165) is 0 Å². The second-order valence-electron chi connectivity index (χ2n) is 0.163. The van der Waals surface area contributed by atoms with Gasteiger partial charge in [-0.15, -0.1) is 0 Å². The van der Waals surface area contributed by atoms with Crippen molar-refractivity contribution in [2.75, 3.05) is 0 Å². The molecule has 0 N–H and O–H groups in total. The topological polar surface area (TPSA) is 70.8 Å². The molecule has 6 heteroatoms. The summed E-state index contributed by atoms with van der Waals surface area (Å²) in [6.07, 6.45) is 0. The van der Waals surface area contributed by atoms with Crippen molar-refractivity contribution in [1.82, 2.24) is 0 Å². The molecule has 0 aromatic heterocycles. The first kappa shape index (κ1) is 15.9. The first-order valence-electron chi connectivity index (χ1n) is 0.565. The summed E-state index contributed by atoms with van der Waals surface area (Å²) in [7, 11) is 0. The van der Waals surface area contributed by atoms with Gasteiger partial charge in [-0.05, 0) is 0 Å². The van der Waals surface area contributed by atoms with E-state index < -0.39 is 0 Å². The molecule has 0 aromatic rings. The second kappa shape index (κ2) is 17.3. The van der Waals surface area contributed by atoms with Crippen LogP contribution in [0.4, 0.5) is 0 Å². The van der Waals surface area contributed by atoms with Crippen molar-refractivity contribution < 1.29 is 44.8 Å². The molecule has 0 saturated carbocycles. The van der Waals surface area contributed by atoms with Crippen molar-refractivity contribution in [3.63, 3.8) is 0 Å². The van der Waals surface area contributed by atoms with Crippen molar-refractivity contribution in [3.8, 4) is 0 Å². The average molecular weight is 276 g/mol. The Morgan fingerprint density at radius 3 is 1.00 bits per heavy atom. The van der Waals surface area contributed by atoms with Crippen LogP contribution in [0, 0.1) is 10.4 Å². The predicted octanol–water partition coefficient (Wildman–Crippen LogP) is 0.429. The predicted molar refractivity (Wildman–Crippen MR) is 11.6 cm³/mol. The van der Waals surface area contributed by atoms with Crippen molar-refractivity contribution in [1.29, 1.82) is 0 Å². The molecule has 0 bridgehead atoms. The van der Waals surface area contributed by atoms with Gasteiger partial charge in [-0.1, -0.05) is 0 Å². The van der Waals surface area contributed by atoms with Gasteiger partial charge < -0.3 is 10.4 Å². The molecule has 0 fully saturated rings. The SMILES string of the molecule is [Ag+].[Ag+].[O-]/N=N/[O-]. The Hall–Kier alpha value is 0.681. The standard InChI is InChI=1S/2Ag.H2N2O2/c;;3-1-2-4/h;;(H,1,4)(H,2,3)/q2*+1;/p-2. The maximum absolute atomic E-state index is 8.44. The van der Waals surface area contributed by atoms with E-state index in [1.165, 1.54) is 0 Å². The molecule has 0 heterocycles. The molecule has 0 spiro atoms. The minimum atomic E-state index is 0. The first-order chi connectivity index (χ1) is 1.91. The van der Waals surface area contributed by atoms with Gasteiger partial charge in [0, 0.05) is 0 Å². The second-order valence-corrected chi connectivity index (χ2v) is 0.163. The monoisotopic (exact) mass is 274 g/mol. The Kier molecular flexibility index (Phi) is 45.9. The summed E-state index contributed by atoms with van der Waals surface area (Å²) < 4.78 is 0. The van der Waals surface area contributed by atoms with Crippen LogP contribution in [0.5, 0.6) is 0 Å². The molecule has 0 saturated heterocycles. The molecule has 0 atom stereocenters. The Morgan fingerprint density at radius 2 is 1.00 bits per heavy atom. The number of hydrogen-bond acceptors (Lipinski definition) is 4. The zero-order valence-electron chi connectivity index (χ0n) is 2.31. The van der Waals surface area contributed by atoms with E-state index in [4.69, 9.17) is 10.4 Å². The summed E-state index contributed by atoms with van der Waals surface area (Å²) in [5.41, 5.74) is 0. The van der Waals surface area contributed by atoms with Crippen LogP contribution < -0.4 is 0 Å². The molecular formula is Ag2N2O2. The minimum absolute atomic E-state index is 0. The van der Waals surface area contributed by atoms with Gasteiger partial charge in [0.2, 0.25) is 0 Å². The molecule has 6 heavy (non-hydrogen) atoms. The van der Waals surface area contributed by atoms with Gasteiger partial charge in [-0.3, -0.25) is 0 Å². The summed E-state index contributed by atoms with van der Waals surface area (Å²) >= 11 is 0. The van der Waals surface area contributed by atoms with E-state index in [-0.39, 0.29) is 44.8 Å². The van der Waals surface area contributed by atoms with Crippen LogP contribution in [0.3, 0.4) is 0 Å². The van der Waals surface area contributed by atoms with E-state index in [9.17, 15) is 0 Å². The maximum Gasteiger partial charge on any atom is 1.00 e. The Labute approximate surface area is 65.6 Å². The zero-order valence-corrected chi connectivity index (χ0v) is 5.28. The molecule has 0 amide bonds. The van der Waals surface area contributed by atoms with Gasteiger partial charge in [0.15, 0.2) is 0 Å². The van der Waals surface area contributed by atoms with Gasteiger partial charge in [0.25, 0.3) is 0 Å². The zero-order chi connectivity index (χ0) is 3.41. The van der Waals surface area contributed by atoms with E-state index in [1.807, 2.05) is 0 Å². The fourth-order valence-corrected chi connectivity index (χ4v) is 0. The molecule has 0 aliphatic heterocycles. The average Bonchev–Trinajstić information content (AvgIpc) is 1.37. The normalized spacial score (nSPS) is 6.00. The quantitative estimate of drug-likeness (QED) is 0.365. The molecule has 4 nitrogen and oxygen atoms in total.